The van der Waals surface area contributed by atoms with Crippen molar-refractivity contribution in [2.24, 2.45) is 10.4 Å². The van der Waals surface area contributed by atoms with E-state index < -0.39 is 0 Å². The Morgan fingerprint density at radius 3 is 2.56 bits per heavy atom. The highest BCUT2D eigenvalue weighted by atomic mass is 16.3. The molecule has 0 atom stereocenters. The quantitative estimate of drug-likeness (QED) is 0.811. The van der Waals surface area contributed by atoms with Gasteiger partial charge in [-0.3, -0.25) is 14.6 Å². The molecule has 0 aromatic heterocycles. The fourth-order valence-corrected chi connectivity index (χ4v) is 2.73. The highest BCUT2D eigenvalue weighted by Gasteiger charge is 2.32. The summed E-state index contributed by atoms with van der Waals surface area (Å²) in [5.74, 6) is -0.215. The third-order valence-electron chi connectivity index (χ3n) is 3.84. The van der Waals surface area contributed by atoms with Crippen molar-refractivity contribution in [1.82, 2.24) is 5.32 Å². The van der Waals surface area contributed by atoms with Crippen LogP contribution in [0.25, 0.3) is 0 Å². The molecule has 25 heavy (non-hydrogen) atoms. The van der Waals surface area contributed by atoms with Crippen molar-refractivity contribution in [3.05, 3.63) is 41.2 Å². The zero-order valence-corrected chi connectivity index (χ0v) is 15.5. The number of hydrogen-bond acceptors (Lipinski definition) is 4. The van der Waals surface area contributed by atoms with Crippen molar-refractivity contribution in [3.63, 3.8) is 0 Å². The summed E-state index contributed by atoms with van der Waals surface area (Å²) < 4.78 is 0. The maximum absolute atomic E-state index is 12.2. The van der Waals surface area contributed by atoms with Gasteiger partial charge in [-0.05, 0) is 44.4 Å². The van der Waals surface area contributed by atoms with Gasteiger partial charge in [-0.2, -0.15) is 0 Å². The van der Waals surface area contributed by atoms with Crippen molar-refractivity contribution < 1.29 is 14.7 Å². The second kappa shape index (κ2) is 6.82. The Morgan fingerprint density at radius 2 is 1.96 bits per heavy atom. The molecular weight excluding hydrogens is 316 g/mol. The van der Waals surface area contributed by atoms with Gasteiger partial charge in [0.05, 0.1) is 11.3 Å². The Kier molecular flexibility index (Phi) is 5.16. The van der Waals surface area contributed by atoms with Gasteiger partial charge in [0.2, 0.25) is 0 Å². The van der Waals surface area contributed by atoms with Crippen LogP contribution in [0.5, 0.6) is 0 Å². The minimum atomic E-state index is -0.325. The van der Waals surface area contributed by atoms with Crippen molar-refractivity contribution in [2.45, 2.75) is 53.0 Å². The van der Waals surface area contributed by atoms with Crippen LogP contribution in [-0.4, -0.2) is 28.6 Å². The molecule has 2 N–H and O–H groups in total. The maximum Gasteiger partial charge on any atom is 0.251 e. The lowest BCUT2D eigenvalue weighted by molar-refractivity contribution is -0.117. The Morgan fingerprint density at radius 1 is 1.28 bits per heavy atom. The van der Waals surface area contributed by atoms with Gasteiger partial charge in [-0.25, -0.2) is 0 Å². The van der Waals surface area contributed by atoms with Crippen LogP contribution in [0.4, 0.5) is 5.69 Å². The number of benzene rings is 1. The summed E-state index contributed by atoms with van der Waals surface area (Å²) in [7, 11) is 0. The van der Waals surface area contributed by atoms with E-state index in [4.69, 9.17) is 0 Å². The summed E-state index contributed by atoms with van der Waals surface area (Å²) >= 11 is 0. The lowest BCUT2D eigenvalue weighted by atomic mass is 9.77. The monoisotopic (exact) mass is 342 g/mol. The van der Waals surface area contributed by atoms with Crippen LogP contribution in [0.15, 0.2) is 40.6 Å². The Bertz CT molecular complexity index is 752. The van der Waals surface area contributed by atoms with E-state index in [2.05, 4.69) is 10.3 Å². The molecule has 1 aliphatic carbocycles. The van der Waals surface area contributed by atoms with E-state index >= 15 is 0 Å². The molecule has 0 saturated heterocycles. The molecule has 1 aliphatic rings. The molecule has 134 valence electrons. The van der Waals surface area contributed by atoms with Crippen molar-refractivity contribution in [2.75, 3.05) is 0 Å². The number of nitrogens with one attached hydrogen (secondary N) is 1. The Balaban J connectivity index is 2.21. The molecule has 2 rings (SSSR count). The second-order valence-electron chi connectivity index (χ2n) is 8.31. The number of aliphatic hydroxyl groups excluding tert-OH is 1. The third kappa shape index (κ3) is 5.28. The fraction of sp³-hybridized carbons (Fsp3) is 0.450. The van der Waals surface area contributed by atoms with Gasteiger partial charge < -0.3 is 10.4 Å². The summed E-state index contributed by atoms with van der Waals surface area (Å²) in [5, 5.41) is 13.0. The topological polar surface area (TPSA) is 78.8 Å². The molecule has 0 radical (unpaired) electrons. The van der Waals surface area contributed by atoms with Crippen LogP contribution >= 0.6 is 0 Å². The highest BCUT2D eigenvalue weighted by molar-refractivity contribution is 6.15. The van der Waals surface area contributed by atoms with E-state index in [9.17, 15) is 14.7 Å². The minimum absolute atomic E-state index is 0.0756. The Hall–Kier alpha value is -2.43. The average Bonchev–Trinajstić information content (AvgIpc) is 2.43. The van der Waals surface area contributed by atoms with Gasteiger partial charge in [0.1, 0.15) is 5.76 Å². The molecule has 5 nitrogen and oxygen atoms in total. The zero-order valence-electron chi connectivity index (χ0n) is 15.5. The molecule has 5 heteroatoms. The summed E-state index contributed by atoms with van der Waals surface area (Å²) in [6, 6.07) is 6.86. The van der Waals surface area contributed by atoms with Gasteiger partial charge in [0.25, 0.3) is 5.91 Å². The molecule has 0 spiro atoms. The van der Waals surface area contributed by atoms with Gasteiger partial charge in [0, 0.05) is 30.2 Å². The number of nitrogens with zero attached hydrogens (tertiary/aromatic N) is 1. The summed E-state index contributed by atoms with van der Waals surface area (Å²) in [6.45, 7) is 9.65. The molecule has 0 heterocycles. The highest BCUT2D eigenvalue weighted by Crippen LogP contribution is 2.35. The molecule has 1 aromatic carbocycles. The lowest BCUT2D eigenvalue weighted by Crippen LogP contribution is -2.40. The van der Waals surface area contributed by atoms with Gasteiger partial charge in [-0.1, -0.05) is 19.9 Å². The van der Waals surface area contributed by atoms with Crippen LogP contribution in [0, 0.1) is 5.41 Å². The molecule has 1 amide bonds. The van der Waals surface area contributed by atoms with Crippen molar-refractivity contribution in [3.8, 4) is 0 Å². The second-order valence-corrected chi connectivity index (χ2v) is 8.31. The number of rotatable bonds is 3. The maximum atomic E-state index is 12.2. The first-order valence-corrected chi connectivity index (χ1v) is 8.39. The SMILES string of the molecule is CC1(C)CC(=O)C(C=Nc2cccc(C(=O)NC(C)(C)C)c2)=C(O)C1. The number of carbonyl (C=O) groups excluding carboxylic acids is 2. The summed E-state index contributed by atoms with van der Waals surface area (Å²) in [5.41, 5.74) is 0.750. The first-order chi connectivity index (χ1) is 11.5. The third-order valence-corrected chi connectivity index (χ3v) is 3.84. The largest absolute Gasteiger partial charge is 0.511 e. The molecule has 0 saturated carbocycles. The van der Waals surface area contributed by atoms with Crippen LogP contribution < -0.4 is 5.32 Å². The van der Waals surface area contributed by atoms with Crippen LogP contribution in [0.3, 0.4) is 0 Å². The van der Waals surface area contributed by atoms with Gasteiger partial charge in [0.15, 0.2) is 5.78 Å². The zero-order chi connectivity index (χ0) is 18.8. The van der Waals surface area contributed by atoms with E-state index in [0.29, 0.717) is 24.1 Å². The number of allylic oxidation sites excluding steroid dienone is 2. The summed E-state index contributed by atoms with van der Waals surface area (Å²) in [4.78, 5) is 28.7. The molecular formula is C20H26N2O3. The molecule has 0 bridgehead atoms. The van der Waals surface area contributed by atoms with E-state index in [1.54, 1.807) is 24.3 Å². The Labute approximate surface area is 148 Å². The average molecular weight is 342 g/mol. The fourth-order valence-electron chi connectivity index (χ4n) is 2.73. The predicted molar refractivity (Wildman–Crippen MR) is 99.5 cm³/mol. The number of aliphatic hydroxyl groups is 1. The molecule has 0 fully saturated rings. The first-order valence-electron chi connectivity index (χ1n) is 8.39. The predicted octanol–water partition coefficient (Wildman–Crippen LogP) is 4.12. The van der Waals surface area contributed by atoms with E-state index in [1.165, 1.54) is 6.21 Å². The van der Waals surface area contributed by atoms with Gasteiger partial charge >= 0.3 is 0 Å². The smallest absolute Gasteiger partial charge is 0.251 e. The lowest BCUT2D eigenvalue weighted by Gasteiger charge is -2.28. The van der Waals surface area contributed by atoms with Crippen LogP contribution in [0.2, 0.25) is 0 Å². The molecule has 0 unspecified atom stereocenters. The van der Waals surface area contributed by atoms with Crippen LogP contribution in [0.1, 0.15) is 57.8 Å². The molecule has 0 aliphatic heterocycles. The van der Waals surface area contributed by atoms with Gasteiger partial charge in [-0.15, -0.1) is 0 Å². The van der Waals surface area contributed by atoms with E-state index in [1.807, 2.05) is 34.6 Å². The first kappa shape index (κ1) is 18.9. The van der Waals surface area contributed by atoms with E-state index in [-0.39, 0.29) is 34.0 Å². The number of ketones is 1. The standard InChI is InChI=1S/C20H26N2O3/c1-19(2,3)22-18(25)13-7-6-8-14(9-13)21-12-15-16(23)10-20(4,5)11-17(15)24/h6-9,12,23H,10-11H2,1-5H3,(H,22,25). The number of aliphatic imine (C=N–C) groups is 1. The van der Waals surface area contributed by atoms with Crippen molar-refractivity contribution in [1.29, 1.82) is 0 Å². The number of hydrogen-bond donors (Lipinski definition) is 2. The molecule has 1 aromatic rings. The minimum Gasteiger partial charge on any atom is -0.511 e. The van der Waals surface area contributed by atoms with Crippen molar-refractivity contribution >= 4 is 23.6 Å². The number of Topliss-reactive ketones (excluding diaryl/α,β-unsaturated/α-hetero) is 1. The normalized spacial score (nSPS) is 17.9. The van der Waals surface area contributed by atoms with Crippen LogP contribution in [-0.2, 0) is 4.79 Å². The number of carbonyl (C=O) groups is 2. The van der Waals surface area contributed by atoms with E-state index in [0.717, 1.165) is 0 Å². The number of amides is 1. The summed E-state index contributed by atoms with van der Waals surface area (Å²) in [6.07, 6.45) is 2.23.